The van der Waals surface area contributed by atoms with Crippen LogP contribution in [-0.4, -0.2) is 33.3 Å². The van der Waals surface area contributed by atoms with Gasteiger partial charge < -0.3 is 10.0 Å². The topological polar surface area (TPSA) is 75.4 Å². The number of carbonyl (C=O) groups excluding carboxylic acids is 1. The van der Waals surface area contributed by atoms with Gasteiger partial charge in [-0.2, -0.15) is 5.10 Å². The molecule has 2 aliphatic rings. The molecule has 0 bridgehead atoms. The average Bonchev–Trinajstić information content (AvgIpc) is 2.89. The molecule has 19 heavy (non-hydrogen) atoms. The summed E-state index contributed by atoms with van der Waals surface area (Å²) in [7, 11) is 0. The Morgan fingerprint density at radius 1 is 1.47 bits per heavy atom. The van der Waals surface area contributed by atoms with E-state index in [1.54, 1.807) is 6.20 Å². The van der Waals surface area contributed by atoms with E-state index in [1.165, 1.54) is 24.2 Å². The summed E-state index contributed by atoms with van der Waals surface area (Å²) in [6.45, 7) is 1.15. The van der Waals surface area contributed by atoms with E-state index >= 15 is 0 Å². The van der Waals surface area contributed by atoms with Gasteiger partial charge in [-0.1, -0.05) is 6.42 Å². The molecular weight excluding hydrogens is 246 g/mol. The molecule has 1 amide bonds. The van der Waals surface area contributed by atoms with Gasteiger partial charge in [0.1, 0.15) is 0 Å². The van der Waals surface area contributed by atoms with Gasteiger partial charge in [-0.15, -0.1) is 0 Å². The van der Waals surface area contributed by atoms with Crippen LogP contribution in [0.2, 0.25) is 0 Å². The highest BCUT2D eigenvalue weighted by molar-refractivity contribution is 5.98. The second kappa shape index (κ2) is 4.68. The van der Waals surface area contributed by atoms with Crippen molar-refractivity contribution in [2.45, 2.75) is 32.2 Å². The van der Waals surface area contributed by atoms with Crippen LogP contribution >= 0.6 is 0 Å². The normalized spacial score (nSPS) is 23.7. The summed E-state index contributed by atoms with van der Waals surface area (Å²) >= 11 is 0. The first kappa shape index (κ1) is 12.2. The van der Waals surface area contributed by atoms with Gasteiger partial charge in [-0.3, -0.25) is 14.3 Å². The minimum absolute atomic E-state index is 0.0864. The van der Waals surface area contributed by atoms with Crippen molar-refractivity contribution in [1.82, 2.24) is 9.78 Å². The quantitative estimate of drug-likeness (QED) is 0.883. The molecule has 102 valence electrons. The number of nitrogens with zero attached hydrogens (tertiary/aromatic N) is 3. The maximum atomic E-state index is 11.8. The number of carboxylic acids is 1. The van der Waals surface area contributed by atoms with Gasteiger partial charge in [-0.25, -0.2) is 0 Å². The lowest BCUT2D eigenvalue weighted by atomic mass is 9.85. The van der Waals surface area contributed by atoms with Crippen molar-refractivity contribution in [3.63, 3.8) is 0 Å². The van der Waals surface area contributed by atoms with Gasteiger partial charge >= 0.3 is 5.97 Å². The summed E-state index contributed by atoms with van der Waals surface area (Å²) in [5.41, 5.74) is 0.716. The van der Waals surface area contributed by atoms with E-state index in [0.717, 1.165) is 6.54 Å². The van der Waals surface area contributed by atoms with E-state index < -0.39 is 11.9 Å². The summed E-state index contributed by atoms with van der Waals surface area (Å²) in [6.07, 6.45) is 7.38. The molecule has 1 aromatic heterocycles. The van der Waals surface area contributed by atoms with Gasteiger partial charge in [0.05, 0.1) is 17.8 Å². The van der Waals surface area contributed by atoms with E-state index in [9.17, 15) is 9.59 Å². The maximum absolute atomic E-state index is 11.8. The first-order valence-corrected chi connectivity index (χ1v) is 6.69. The van der Waals surface area contributed by atoms with Crippen molar-refractivity contribution < 1.29 is 14.7 Å². The highest BCUT2D eigenvalue weighted by Gasteiger charge is 2.35. The Morgan fingerprint density at radius 3 is 2.84 bits per heavy atom. The van der Waals surface area contributed by atoms with Crippen molar-refractivity contribution >= 4 is 17.6 Å². The SMILES string of the molecule is O=C(O)[C@H]1CC(=O)N(c2cnn(CC3CCC3)c2)C1. The lowest BCUT2D eigenvalue weighted by molar-refractivity contribution is -0.141. The Morgan fingerprint density at radius 2 is 2.26 bits per heavy atom. The van der Waals surface area contributed by atoms with Crippen LogP contribution in [0.4, 0.5) is 5.69 Å². The number of carboxylic acid groups (broad SMARTS) is 1. The molecule has 0 radical (unpaired) electrons. The summed E-state index contributed by atoms with van der Waals surface area (Å²) in [5, 5.41) is 13.2. The molecular formula is C13H17N3O3. The number of hydrogen-bond donors (Lipinski definition) is 1. The number of rotatable bonds is 4. The monoisotopic (exact) mass is 263 g/mol. The molecule has 2 fully saturated rings. The number of hydrogen-bond acceptors (Lipinski definition) is 3. The second-order valence-electron chi connectivity index (χ2n) is 5.46. The number of aromatic nitrogens is 2. The van der Waals surface area contributed by atoms with Crippen LogP contribution in [0.15, 0.2) is 12.4 Å². The third kappa shape index (κ3) is 2.34. The number of aliphatic carboxylic acids is 1. The minimum atomic E-state index is -0.905. The van der Waals surface area contributed by atoms with Crippen molar-refractivity contribution in [3.8, 4) is 0 Å². The number of amides is 1. The molecule has 1 aliphatic carbocycles. The fraction of sp³-hybridized carbons (Fsp3) is 0.615. The third-order valence-corrected chi connectivity index (χ3v) is 4.08. The fourth-order valence-corrected chi connectivity index (χ4v) is 2.65. The zero-order valence-electron chi connectivity index (χ0n) is 10.7. The zero-order chi connectivity index (χ0) is 13.4. The molecule has 6 heteroatoms. The smallest absolute Gasteiger partial charge is 0.308 e. The van der Waals surface area contributed by atoms with Gasteiger partial charge in [0.25, 0.3) is 0 Å². The van der Waals surface area contributed by atoms with Crippen molar-refractivity contribution in [1.29, 1.82) is 0 Å². The van der Waals surface area contributed by atoms with Crippen LogP contribution in [0, 0.1) is 11.8 Å². The van der Waals surface area contributed by atoms with Crippen LogP contribution < -0.4 is 4.90 Å². The molecule has 1 saturated carbocycles. The highest BCUT2D eigenvalue weighted by Crippen LogP contribution is 2.29. The van der Waals surface area contributed by atoms with Crippen molar-refractivity contribution in [3.05, 3.63) is 12.4 Å². The molecule has 0 unspecified atom stereocenters. The lowest BCUT2D eigenvalue weighted by Gasteiger charge is -2.24. The number of anilines is 1. The molecule has 2 heterocycles. The first-order valence-electron chi connectivity index (χ1n) is 6.69. The van der Waals surface area contributed by atoms with E-state index in [-0.39, 0.29) is 18.9 Å². The third-order valence-electron chi connectivity index (χ3n) is 4.08. The van der Waals surface area contributed by atoms with Gasteiger partial charge in [0.2, 0.25) is 5.91 Å². The average molecular weight is 263 g/mol. The zero-order valence-corrected chi connectivity index (χ0v) is 10.7. The molecule has 1 atom stereocenters. The van der Waals surface area contributed by atoms with E-state index in [0.29, 0.717) is 11.6 Å². The molecule has 3 rings (SSSR count). The van der Waals surface area contributed by atoms with Gasteiger partial charge in [0, 0.05) is 25.7 Å². The van der Waals surface area contributed by atoms with Crippen LogP contribution in [0.5, 0.6) is 0 Å². The molecule has 1 saturated heterocycles. The highest BCUT2D eigenvalue weighted by atomic mass is 16.4. The van der Waals surface area contributed by atoms with Crippen molar-refractivity contribution in [2.24, 2.45) is 11.8 Å². The first-order chi connectivity index (χ1) is 9.13. The Kier molecular flexibility index (Phi) is 3.00. The Hall–Kier alpha value is -1.85. The molecule has 1 N–H and O–H groups in total. The van der Waals surface area contributed by atoms with Gasteiger partial charge in [0.15, 0.2) is 0 Å². The molecule has 0 aromatic carbocycles. The number of carbonyl (C=O) groups is 2. The summed E-state index contributed by atoms with van der Waals surface area (Å²) in [5.74, 6) is -0.926. The standard InChI is InChI=1S/C13H17N3O3/c17-12-4-10(13(18)19)7-16(12)11-5-14-15(8-11)6-9-2-1-3-9/h5,8-10H,1-4,6-7H2,(H,18,19)/t10-/m0/s1. The predicted molar refractivity (Wildman–Crippen MR) is 67.7 cm³/mol. The van der Waals surface area contributed by atoms with Gasteiger partial charge in [-0.05, 0) is 18.8 Å². The largest absolute Gasteiger partial charge is 0.481 e. The fourth-order valence-electron chi connectivity index (χ4n) is 2.65. The Balaban J connectivity index is 1.68. The lowest BCUT2D eigenvalue weighted by Crippen LogP contribution is -2.25. The van der Waals surface area contributed by atoms with Crippen molar-refractivity contribution in [2.75, 3.05) is 11.4 Å². The van der Waals surface area contributed by atoms with Crippen LogP contribution in [0.3, 0.4) is 0 Å². The molecule has 1 aliphatic heterocycles. The summed E-state index contributed by atoms with van der Waals surface area (Å²) in [4.78, 5) is 24.3. The molecule has 6 nitrogen and oxygen atoms in total. The van der Waals surface area contributed by atoms with E-state index in [1.807, 2.05) is 10.9 Å². The molecule has 0 spiro atoms. The van der Waals surface area contributed by atoms with Crippen LogP contribution in [0.25, 0.3) is 0 Å². The predicted octanol–water partition coefficient (Wildman–Crippen LogP) is 1.12. The maximum Gasteiger partial charge on any atom is 0.308 e. The Labute approximate surface area is 111 Å². The minimum Gasteiger partial charge on any atom is -0.481 e. The van der Waals surface area contributed by atoms with E-state index in [2.05, 4.69) is 5.10 Å². The molecule has 1 aromatic rings. The summed E-state index contributed by atoms with van der Waals surface area (Å²) < 4.78 is 1.86. The van der Waals surface area contributed by atoms with E-state index in [4.69, 9.17) is 5.11 Å². The summed E-state index contributed by atoms with van der Waals surface area (Å²) in [6, 6.07) is 0. The second-order valence-corrected chi connectivity index (χ2v) is 5.46. The van der Waals surface area contributed by atoms with Crippen LogP contribution in [-0.2, 0) is 16.1 Å². The Bertz CT molecular complexity index is 507. The van der Waals surface area contributed by atoms with Crippen LogP contribution in [0.1, 0.15) is 25.7 Å².